The molecule has 7 nitrogen and oxygen atoms in total. The lowest BCUT2D eigenvalue weighted by atomic mass is 9.92. The van der Waals surface area contributed by atoms with E-state index in [2.05, 4.69) is 10.3 Å². The molecule has 1 fully saturated rings. The summed E-state index contributed by atoms with van der Waals surface area (Å²) in [6, 6.07) is 5.41. The van der Waals surface area contributed by atoms with Crippen LogP contribution in [0.4, 0.5) is 4.79 Å². The van der Waals surface area contributed by atoms with Gasteiger partial charge in [0.25, 0.3) is 0 Å². The van der Waals surface area contributed by atoms with E-state index in [1.807, 2.05) is 18.2 Å². The van der Waals surface area contributed by atoms with Gasteiger partial charge in [-0.3, -0.25) is 9.78 Å². The van der Waals surface area contributed by atoms with Gasteiger partial charge in [-0.05, 0) is 39.3 Å². The van der Waals surface area contributed by atoms with Gasteiger partial charge in [-0.1, -0.05) is 6.07 Å². The van der Waals surface area contributed by atoms with E-state index in [9.17, 15) is 14.7 Å². The first-order valence-corrected chi connectivity index (χ1v) is 8.10. The van der Waals surface area contributed by atoms with Crippen LogP contribution >= 0.6 is 0 Å². The maximum absolute atomic E-state index is 12.1. The second kappa shape index (κ2) is 7.61. The number of aromatic nitrogens is 1. The van der Waals surface area contributed by atoms with Gasteiger partial charge in [0.05, 0.1) is 11.6 Å². The molecule has 1 saturated heterocycles. The molecule has 7 heteroatoms. The topological polar surface area (TPSA) is 91.8 Å². The molecule has 0 spiro atoms. The molecular formula is C17H25N3O4. The second-order valence-electron chi connectivity index (χ2n) is 6.97. The number of ether oxygens (including phenoxy) is 1. The summed E-state index contributed by atoms with van der Waals surface area (Å²) in [4.78, 5) is 29.4. The lowest BCUT2D eigenvalue weighted by Gasteiger charge is -2.37. The minimum atomic E-state index is -0.915. The van der Waals surface area contributed by atoms with Crippen LogP contribution < -0.4 is 5.32 Å². The zero-order valence-electron chi connectivity index (χ0n) is 14.4. The molecule has 2 rings (SSSR count). The normalized spacial score (nSPS) is 21.4. The highest BCUT2D eigenvalue weighted by Gasteiger charge is 2.37. The van der Waals surface area contributed by atoms with Crippen LogP contribution in [0.15, 0.2) is 24.4 Å². The van der Waals surface area contributed by atoms with Gasteiger partial charge in [-0.2, -0.15) is 0 Å². The molecule has 0 saturated carbocycles. The van der Waals surface area contributed by atoms with Crippen LogP contribution in [0, 0.1) is 5.92 Å². The first-order chi connectivity index (χ1) is 11.3. The van der Waals surface area contributed by atoms with E-state index in [1.165, 1.54) is 4.90 Å². The van der Waals surface area contributed by atoms with Gasteiger partial charge in [0, 0.05) is 31.9 Å². The molecule has 2 N–H and O–H groups in total. The summed E-state index contributed by atoms with van der Waals surface area (Å²) in [5, 5.41) is 12.8. The number of amides is 1. The van der Waals surface area contributed by atoms with Crippen LogP contribution in [0.3, 0.4) is 0 Å². The lowest BCUT2D eigenvalue weighted by molar-refractivity contribution is -0.144. The van der Waals surface area contributed by atoms with E-state index in [-0.39, 0.29) is 12.6 Å². The van der Waals surface area contributed by atoms with E-state index < -0.39 is 23.6 Å². The Morgan fingerprint density at radius 3 is 2.75 bits per heavy atom. The Kier molecular flexibility index (Phi) is 5.77. The molecule has 0 radical (unpaired) electrons. The van der Waals surface area contributed by atoms with Crippen molar-refractivity contribution in [1.29, 1.82) is 0 Å². The minimum absolute atomic E-state index is 0.143. The highest BCUT2D eigenvalue weighted by atomic mass is 16.6. The number of pyridine rings is 1. The molecule has 24 heavy (non-hydrogen) atoms. The highest BCUT2D eigenvalue weighted by Crippen LogP contribution is 2.20. The molecule has 1 aliphatic heterocycles. The Labute approximate surface area is 142 Å². The number of hydrogen-bond donors (Lipinski definition) is 2. The van der Waals surface area contributed by atoms with Gasteiger partial charge in [0.1, 0.15) is 5.60 Å². The van der Waals surface area contributed by atoms with Crippen LogP contribution in [-0.4, -0.2) is 51.8 Å². The van der Waals surface area contributed by atoms with Crippen LogP contribution in [-0.2, 0) is 16.1 Å². The summed E-state index contributed by atoms with van der Waals surface area (Å²) in [5.74, 6) is -1.59. The van der Waals surface area contributed by atoms with Crippen molar-refractivity contribution < 1.29 is 19.4 Å². The number of carboxylic acids is 1. The van der Waals surface area contributed by atoms with Crippen LogP contribution in [0.2, 0.25) is 0 Å². The van der Waals surface area contributed by atoms with Crippen molar-refractivity contribution in [2.45, 2.75) is 45.4 Å². The monoisotopic (exact) mass is 335 g/mol. The smallest absolute Gasteiger partial charge is 0.410 e. The zero-order valence-corrected chi connectivity index (χ0v) is 14.4. The number of rotatable bonds is 4. The van der Waals surface area contributed by atoms with Crippen molar-refractivity contribution in [1.82, 2.24) is 15.2 Å². The molecule has 0 bridgehead atoms. The first-order valence-electron chi connectivity index (χ1n) is 8.10. The number of likely N-dealkylation sites (tertiary alicyclic amines) is 1. The summed E-state index contributed by atoms with van der Waals surface area (Å²) in [6.45, 7) is 6.49. The van der Waals surface area contributed by atoms with E-state index in [1.54, 1.807) is 27.0 Å². The van der Waals surface area contributed by atoms with Gasteiger partial charge in [-0.15, -0.1) is 0 Å². The van der Waals surface area contributed by atoms with Crippen molar-refractivity contribution in [2.24, 2.45) is 5.92 Å². The third-order valence-electron chi connectivity index (χ3n) is 3.85. The van der Waals surface area contributed by atoms with Crippen LogP contribution in [0.25, 0.3) is 0 Å². The van der Waals surface area contributed by atoms with Crippen LogP contribution in [0.1, 0.15) is 32.9 Å². The minimum Gasteiger partial charge on any atom is -0.481 e. The molecule has 0 aliphatic carbocycles. The van der Waals surface area contributed by atoms with Crippen molar-refractivity contribution in [3.05, 3.63) is 30.1 Å². The summed E-state index contributed by atoms with van der Waals surface area (Å²) in [5.41, 5.74) is 0.264. The lowest BCUT2D eigenvalue weighted by Crippen LogP contribution is -2.54. The molecule has 2 heterocycles. The molecule has 1 aromatic rings. The van der Waals surface area contributed by atoms with Gasteiger partial charge < -0.3 is 20.1 Å². The van der Waals surface area contributed by atoms with Gasteiger partial charge >= 0.3 is 12.1 Å². The largest absolute Gasteiger partial charge is 0.481 e. The standard InChI is InChI=1S/C17H25N3O4/c1-17(2,3)24-16(23)20-9-7-14(13(11-20)15(21)22)19-10-12-6-4-5-8-18-12/h4-6,8,13-14,19H,7,9-11H2,1-3H3,(H,21,22)/t13-,14-/m0/s1. The maximum atomic E-state index is 12.1. The van der Waals surface area contributed by atoms with E-state index in [0.717, 1.165) is 5.69 Å². The molecule has 0 aromatic carbocycles. The molecule has 0 unspecified atom stereocenters. The summed E-state index contributed by atoms with van der Waals surface area (Å²) in [6.07, 6.45) is 1.80. The molecular weight excluding hydrogens is 310 g/mol. The number of carbonyl (C=O) groups is 2. The van der Waals surface area contributed by atoms with E-state index >= 15 is 0 Å². The van der Waals surface area contributed by atoms with Gasteiger partial charge in [0.2, 0.25) is 0 Å². The quantitative estimate of drug-likeness (QED) is 0.873. The zero-order chi connectivity index (χ0) is 17.7. The molecule has 1 amide bonds. The maximum Gasteiger partial charge on any atom is 0.410 e. The highest BCUT2D eigenvalue weighted by molar-refractivity contribution is 5.74. The number of piperidine rings is 1. The Bertz CT molecular complexity index is 571. The summed E-state index contributed by atoms with van der Waals surface area (Å²) >= 11 is 0. The fourth-order valence-corrected chi connectivity index (χ4v) is 2.68. The Balaban J connectivity index is 1.95. The average Bonchev–Trinajstić information content (AvgIpc) is 2.52. The van der Waals surface area contributed by atoms with Crippen molar-refractivity contribution >= 4 is 12.1 Å². The third-order valence-corrected chi connectivity index (χ3v) is 3.85. The van der Waals surface area contributed by atoms with Gasteiger partial charge in [0.15, 0.2) is 0 Å². The molecule has 1 aromatic heterocycles. The Hall–Kier alpha value is -2.15. The number of nitrogens with zero attached hydrogens (tertiary/aromatic N) is 2. The van der Waals surface area contributed by atoms with Crippen molar-refractivity contribution in [3.63, 3.8) is 0 Å². The van der Waals surface area contributed by atoms with Crippen LogP contribution in [0.5, 0.6) is 0 Å². The SMILES string of the molecule is CC(C)(C)OC(=O)N1CC[C@H](NCc2ccccn2)[C@@H](C(=O)O)C1. The predicted octanol–water partition coefficient (Wildman–Crippen LogP) is 1.88. The summed E-state index contributed by atoms with van der Waals surface area (Å²) in [7, 11) is 0. The fraction of sp³-hybridized carbons (Fsp3) is 0.588. The first kappa shape index (κ1) is 18.2. The number of carboxylic acid groups (broad SMARTS) is 1. The summed E-state index contributed by atoms with van der Waals surface area (Å²) < 4.78 is 5.33. The predicted molar refractivity (Wildman–Crippen MR) is 88.4 cm³/mol. The van der Waals surface area contributed by atoms with E-state index in [0.29, 0.717) is 19.5 Å². The van der Waals surface area contributed by atoms with Crippen molar-refractivity contribution in [3.8, 4) is 0 Å². The van der Waals surface area contributed by atoms with Crippen molar-refractivity contribution in [2.75, 3.05) is 13.1 Å². The average molecular weight is 335 g/mol. The molecule has 132 valence electrons. The second-order valence-corrected chi connectivity index (χ2v) is 6.97. The Morgan fingerprint density at radius 1 is 1.42 bits per heavy atom. The molecule has 2 atom stereocenters. The third kappa shape index (κ3) is 5.19. The number of nitrogens with one attached hydrogen (secondary N) is 1. The van der Waals surface area contributed by atoms with E-state index in [4.69, 9.17) is 4.74 Å². The number of carbonyl (C=O) groups excluding carboxylic acids is 1. The fourth-order valence-electron chi connectivity index (χ4n) is 2.68. The number of aliphatic carboxylic acids is 1. The van der Waals surface area contributed by atoms with Gasteiger partial charge in [-0.25, -0.2) is 4.79 Å². The molecule has 1 aliphatic rings. The number of hydrogen-bond acceptors (Lipinski definition) is 5. The Morgan fingerprint density at radius 2 is 2.17 bits per heavy atom.